The Morgan fingerprint density at radius 1 is 0.253 bits per heavy atom. The summed E-state index contributed by atoms with van der Waals surface area (Å²) in [5.41, 5.74) is 0. The molecule has 0 aromatic carbocycles. The number of carbonyl (C=O) groups excluding carboxylic acids is 3. The summed E-state index contributed by atoms with van der Waals surface area (Å²) in [6.45, 7) is 6.51. The number of hydrogen-bond donors (Lipinski definition) is 0. The number of rotatable bonds is 65. The van der Waals surface area contributed by atoms with Crippen molar-refractivity contribution in [3.05, 3.63) is 97.2 Å². The molecule has 0 saturated heterocycles. The molecular weight excluding hydrogens is 1020 g/mol. The highest BCUT2D eigenvalue weighted by Crippen LogP contribution is 2.17. The van der Waals surface area contributed by atoms with Crippen molar-refractivity contribution in [1.29, 1.82) is 0 Å². The average Bonchev–Trinajstić information content (AvgIpc) is 3.48. The number of esters is 3. The second kappa shape index (κ2) is 70.8. The third kappa shape index (κ3) is 69.0. The normalized spacial score (nSPS) is 12.7. The van der Waals surface area contributed by atoms with E-state index >= 15 is 0 Å². The van der Waals surface area contributed by atoms with Crippen molar-refractivity contribution in [2.75, 3.05) is 13.2 Å². The highest BCUT2D eigenvalue weighted by molar-refractivity contribution is 5.71. The number of allylic oxidation sites excluding steroid dienone is 16. The van der Waals surface area contributed by atoms with Crippen molar-refractivity contribution in [2.45, 2.75) is 361 Å². The molecule has 83 heavy (non-hydrogen) atoms. The van der Waals surface area contributed by atoms with E-state index in [4.69, 9.17) is 14.2 Å². The number of carbonyl (C=O) groups is 3. The molecule has 1 unspecified atom stereocenters. The Morgan fingerprint density at radius 2 is 0.482 bits per heavy atom. The van der Waals surface area contributed by atoms with E-state index in [0.717, 1.165) is 103 Å². The fourth-order valence-electron chi connectivity index (χ4n) is 10.2. The molecule has 0 N–H and O–H groups in total. The van der Waals surface area contributed by atoms with Crippen LogP contribution in [-0.4, -0.2) is 37.2 Å². The number of ether oxygens (including phenoxy) is 3. The monoisotopic (exact) mass is 1160 g/mol. The molecule has 0 bridgehead atoms. The van der Waals surface area contributed by atoms with Crippen LogP contribution in [0.4, 0.5) is 0 Å². The molecule has 0 aromatic heterocycles. The summed E-state index contributed by atoms with van der Waals surface area (Å²) in [4.78, 5) is 38.3. The van der Waals surface area contributed by atoms with Crippen LogP contribution in [0.25, 0.3) is 0 Å². The summed E-state index contributed by atoms with van der Waals surface area (Å²) in [7, 11) is 0. The van der Waals surface area contributed by atoms with Crippen molar-refractivity contribution >= 4 is 17.9 Å². The molecular formula is C77H134O6. The summed E-state index contributed by atoms with van der Waals surface area (Å²) in [5, 5.41) is 0. The molecule has 6 heteroatoms. The van der Waals surface area contributed by atoms with Gasteiger partial charge in [-0.1, -0.05) is 317 Å². The van der Waals surface area contributed by atoms with Crippen molar-refractivity contribution in [3.63, 3.8) is 0 Å². The minimum absolute atomic E-state index is 0.0768. The van der Waals surface area contributed by atoms with Crippen molar-refractivity contribution in [3.8, 4) is 0 Å². The van der Waals surface area contributed by atoms with Crippen molar-refractivity contribution < 1.29 is 28.6 Å². The van der Waals surface area contributed by atoms with E-state index in [-0.39, 0.29) is 31.1 Å². The third-order valence-electron chi connectivity index (χ3n) is 15.5. The van der Waals surface area contributed by atoms with Crippen LogP contribution in [0.1, 0.15) is 355 Å². The maximum Gasteiger partial charge on any atom is 0.306 e. The smallest absolute Gasteiger partial charge is 0.306 e. The molecule has 1 atom stereocenters. The summed E-state index contributed by atoms with van der Waals surface area (Å²) >= 11 is 0. The number of hydrogen-bond acceptors (Lipinski definition) is 6. The van der Waals surface area contributed by atoms with Crippen LogP contribution >= 0.6 is 0 Å². The molecule has 0 saturated carbocycles. The summed E-state index contributed by atoms with van der Waals surface area (Å²) in [6, 6.07) is 0. The maximum absolute atomic E-state index is 12.9. The predicted octanol–water partition coefficient (Wildman–Crippen LogP) is 24.8. The third-order valence-corrected chi connectivity index (χ3v) is 15.5. The standard InChI is InChI=1S/C77H134O6/c1-4-7-10-13-16-19-22-24-26-28-30-31-32-33-34-35-36-37-38-39-40-41-42-43-44-45-47-48-50-52-55-58-61-64-67-70-76(79)82-73-74(72-81-75(78)69-66-63-60-57-54-21-18-15-12-9-6-3)83-77(80)71-68-65-62-59-56-53-51-49-46-29-27-25-23-20-17-14-11-8-5-2/h7,10,15-16,18-19,24-27,30-31,33-34,36-37,74H,4-6,8-9,11-14,17,20-23,28-29,32,35,38-73H2,1-3H3/b10-7-,18-15-,19-16-,26-24-,27-25-,31-30-,34-33-,37-36-. The first-order valence-corrected chi connectivity index (χ1v) is 35.7. The van der Waals surface area contributed by atoms with E-state index in [0.29, 0.717) is 19.3 Å². The van der Waals surface area contributed by atoms with Gasteiger partial charge in [0.2, 0.25) is 0 Å². The molecule has 6 nitrogen and oxygen atoms in total. The lowest BCUT2D eigenvalue weighted by Gasteiger charge is -2.18. The molecule has 0 spiro atoms. The first-order chi connectivity index (χ1) is 41.0. The zero-order valence-corrected chi connectivity index (χ0v) is 54.9. The lowest BCUT2D eigenvalue weighted by Crippen LogP contribution is -2.30. The van der Waals surface area contributed by atoms with E-state index in [1.807, 2.05) is 0 Å². The first-order valence-electron chi connectivity index (χ1n) is 35.7. The van der Waals surface area contributed by atoms with Crippen LogP contribution in [0.2, 0.25) is 0 Å². The molecule has 0 rings (SSSR count). The zero-order chi connectivity index (χ0) is 59.9. The molecule has 0 aliphatic carbocycles. The SMILES string of the molecule is CC/C=C\C/C=C\C/C=C\C/C=C\C/C=C\C/C=C\CCCCCCCCCCCCCCCCCCC(=O)OCC(COC(=O)CCCCCCC/C=C\CCCC)OC(=O)CCCCCCCCCCC/C=C\CCCCCCCC. The highest BCUT2D eigenvalue weighted by Gasteiger charge is 2.19. The van der Waals surface area contributed by atoms with Gasteiger partial charge in [-0.3, -0.25) is 14.4 Å². The molecule has 0 radical (unpaired) electrons. The van der Waals surface area contributed by atoms with Crippen LogP contribution in [0.5, 0.6) is 0 Å². The second-order valence-electron chi connectivity index (χ2n) is 23.8. The van der Waals surface area contributed by atoms with Gasteiger partial charge >= 0.3 is 17.9 Å². The Kier molecular flexibility index (Phi) is 67.7. The molecule has 0 aliphatic heterocycles. The number of unbranched alkanes of at least 4 members (excludes halogenated alkanes) is 38. The predicted molar refractivity (Wildman–Crippen MR) is 362 cm³/mol. The molecule has 0 aliphatic rings. The quantitative estimate of drug-likeness (QED) is 0.0261. The van der Waals surface area contributed by atoms with E-state index in [1.54, 1.807) is 0 Å². The van der Waals surface area contributed by atoms with E-state index < -0.39 is 6.10 Å². The van der Waals surface area contributed by atoms with Gasteiger partial charge in [0.25, 0.3) is 0 Å². The van der Waals surface area contributed by atoms with Gasteiger partial charge < -0.3 is 14.2 Å². The lowest BCUT2D eigenvalue weighted by molar-refractivity contribution is -0.167. The fraction of sp³-hybridized carbons (Fsp3) is 0.753. The van der Waals surface area contributed by atoms with Crippen LogP contribution in [0.3, 0.4) is 0 Å². The Hall–Kier alpha value is -3.67. The Bertz CT molecular complexity index is 1610. The first kappa shape index (κ1) is 79.3. The van der Waals surface area contributed by atoms with Gasteiger partial charge in [-0.15, -0.1) is 0 Å². The Labute approximate surface area is 515 Å². The summed E-state index contributed by atoms with van der Waals surface area (Å²) < 4.78 is 16.9. The van der Waals surface area contributed by atoms with Crippen LogP contribution < -0.4 is 0 Å². The van der Waals surface area contributed by atoms with Gasteiger partial charge in [-0.2, -0.15) is 0 Å². The van der Waals surface area contributed by atoms with Crippen LogP contribution in [0.15, 0.2) is 97.2 Å². The van der Waals surface area contributed by atoms with Gasteiger partial charge in [0, 0.05) is 19.3 Å². The van der Waals surface area contributed by atoms with Gasteiger partial charge in [0.05, 0.1) is 0 Å². The van der Waals surface area contributed by atoms with E-state index in [1.165, 1.54) is 212 Å². The maximum atomic E-state index is 12.9. The molecule has 0 fully saturated rings. The van der Waals surface area contributed by atoms with Gasteiger partial charge in [0.1, 0.15) is 13.2 Å². The average molecular weight is 1160 g/mol. The zero-order valence-electron chi connectivity index (χ0n) is 54.9. The molecule has 0 aromatic rings. The summed E-state index contributed by atoms with van der Waals surface area (Å²) in [6.07, 6.45) is 95.9. The Morgan fingerprint density at radius 3 is 0.783 bits per heavy atom. The van der Waals surface area contributed by atoms with Gasteiger partial charge in [0.15, 0.2) is 6.10 Å². The van der Waals surface area contributed by atoms with E-state index in [9.17, 15) is 14.4 Å². The minimum atomic E-state index is -0.780. The van der Waals surface area contributed by atoms with Crippen molar-refractivity contribution in [1.82, 2.24) is 0 Å². The Balaban J connectivity index is 4.13. The van der Waals surface area contributed by atoms with Crippen molar-refractivity contribution in [2.24, 2.45) is 0 Å². The van der Waals surface area contributed by atoms with Crippen LogP contribution in [0, 0.1) is 0 Å². The molecule has 478 valence electrons. The molecule has 0 heterocycles. The molecule has 0 amide bonds. The fourth-order valence-corrected chi connectivity index (χ4v) is 10.2. The minimum Gasteiger partial charge on any atom is -0.462 e. The van der Waals surface area contributed by atoms with Gasteiger partial charge in [-0.25, -0.2) is 0 Å². The van der Waals surface area contributed by atoms with E-state index in [2.05, 4.69) is 118 Å². The van der Waals surface area contributed by atoms with Gasteiger partial charge in [-0.05, 0) is 116 Å². The second-order valence-corrected chi connectivity index (χ2v) is 23.8. The largest absolute Gasteiger partial charge is 0.462 e. The highest BCUT2D eigenvalue weighted by atomic mass is 16.6. The summed E-state index contributed by atoms with van der Waals surface area (Å²) in [5.74, 6) is -0.873. The lowest BCUT2D eigenvalue weighted by atomic mass is 10.0. The van der Waals surface area contributed by atoms with Crippen LogP contribution in [-0.2, 0) is 28.6 Å². The topological polar surface area (TPSA) is 78.9 Å².